The maximum absolute atomic E-state index is 10.8. The van der Waals surface area contributed by atoms with Gasteiger partial charge in [0.2, 0.25) is 0 Å². The van der Waals surface area contributed by atoms with E-state index >= 15 is 0 Å². The summed E-state index contributed by atoms with van der Waals surface area (Å²) in [4.78, 5) is 20.9. The molecule has 0 saturated carbocycles. The van der Waals surface area contributed by atoms with Crippen LogP contribution in [0, 0.1) is 10.1 Å². The molecule has 0 aliphatic rings. The molecule has 7 nitrogen and oxygen atoms in total. The summed E-state index contributed by atoms with van der Waals surface area (Å²) in [5, 5.41) is 22.6. The zero-order chi connectivity index (χ0) is 15.3. The second kappa shape index (κ2) is 6.23. The highest BCUT2D eigenvalue weighted by atomic mass is 16.6. The molecule has 0 heterocycles. The summed E-state index contributed by atoms with van der Waals surface area (Å²) in [6, 6.07) is 4.36. The van der Waals surface area contributed by atoms with Gasteiger partial charge in [-0.25, -0.2) is 0 Å². The molecule has 110 valence electrons. The Morgan fingerprint density at radius 1 is 1.45 bits per heavy atom. The number of nitro groups is 1. The van der Waals surface area contributed by atoms with Gasteiger partial charge in [-0.1, -0.05) is 0 Å². The number of benzene rings is 1. The van der Waals surface area contributed by atoms with Gasteiger partial charge in [-0.05, 0) is 20.3 Å². The van der Waals surface area contributed by atoms with Crippen LogP contribution < -0.4 is 10.1 Å². The molecule has 0 radical (unpaired) electrons. The molecule has 0 aliphatic carbocycles. The Morgan fingerprint density at radius 2 is 2.10 bits per heavy atom. The van der Waals surface area contributed by atoms with Crippen LogP contribution in [0.4, 0.5) is 11.4 Å². The third-order valence-electron chi connectivity index (χ3n) is 2.78. The Kier molecular flexibility index (Phi) is 4.90. The first-order valence-corrected chi connectivity index (χ1v) is 6.07. The topological polar surface area (TPSA) is 102 Å². The fraction of sp³-hybridized carbons (Fsp3) is 0.462. The number of carboxylic acids is 1. The lowest BCUT2D eigenvalue weighted by Gasteiger charge is -2.27. The minimum absolute atomic E-state index is 0.0199. The molecule has 0 amide bonds. The molecule has 0 atom stereocenters. The maximum atomic E-state index is 10.8. The number of hydrogen-bond acceptors (Lipinski definition) is 5. The molecule has 2 N–H and O–H groups in total. The number of non-ortho nitro benzene ring substituents is 1. The predicted octanol–water partition coefficient (Wildman–Crippen LogP) is 2.66. The number of ether oxygens (including phenoxy) is 1. The summed E-state index contributed by atoms with van der Waals surface area (Å²) < 4.78 is 5.02. The number of rotatable bonds is 7. The van der Waals surface area contributed by atoms with E-state index in [9.17, 15) is 14.9 Å². The summed E-state index contributed by atoms with van der Waals surface area (Å²) in [6.07, 6.45) is 0.416. The number of nitrogens with one attached hydrogen (secondary N) is 1. The molecular formula is C13H18N2O5. The Hall–Kier alpha value is -2.31. The molecule has 0 aliphatic heterocycles. The van der Waals surface area contributed by atoms with Crippen molar-refractivity contribution in [1.82, 2.24) is 0 Å². The summed E-state index contributed by atoms with van der Waals surface area (Å²) in [7, 11) is 1.43. The van der Waals surface area contributed by atoms with Crippen LogP contribution in [-0.4, -0.2) is 28.6 Å². The third-order valence-corrected chi connectivity index (χ3v) is 2.78. The quantitative estimate of drug-likeness (QED) is 0.589. The normalized spacial score (nSPS) is 10.9. The summed E-state index contributed by atoms with van der Waals surface area (Å²) in [5.41, 5.74) is -0.0640. The van der Waals surface area contributed by atoms with Gasteiger partial charge < -0.3 is 15.2 Å². The standard InChI is InChI=1S/C13H18N2O5/c1-13(2,5-4-12(16)17)14-9-6-10(15(18)19)8-11(7-9)20-3/h6-8,14H,4-5H2,1-3H3,(H,16,17). The van der Waals surface area contributed by atoms with Crippen LogP contribution in [0.2, 0.25) is 0 Å². The molecule has 1 aromatic rings. The van der Waals surface area contributed by atoms with Crippen molar-refractivity contribution < 1.29 is 19.6 Å². The van der Waals surface area contributed by atoms with E-state index in [0.717, 1.165) is 0 Å². The maximum Gasteiger partial charge on any atom is 0.303 e. The van der Waals surface area contributed by atoms with Crippen LogP contribution >= 0.6 is 0 Å². The molecule has 0 bridgehead atoms. The number of carboxylic acid groups (broad SMARTS) is 1. The molecule has 0 fully saturated rings. The third kappa shape index (κ3) is 4.75. The van der Waals surface area contributed by atoms with Crippen LogP contribution in [0.5, 0.6) is 5.75 Å². The lowest BCUT2D eigenvalue weighted by atomic mass is 9.98. The van der Waals surface area contributed by atoms with E-state index in [2.05, 4.69) is 5.32 Å². The zero-order valence-corrected chi connectivity index (χ0v) is 11.7. The number of aliphatic carboxylic acids is 1. The SMILES string of the molecule is COc1cc(NC(C)(C)CCC(=O)O)cc([N+](=O)[O-])c1. The van der Waals surface area contributed by atoms with Gasteiger partial charge in [-0.3, -0.25) is 14.9 Å². The van der Waals surface area contributed by atoms with E-state index < -0.39 is 16.4 Å². The van der Waals surface area contributed by atoms with E-state index in [1.54, 1.807) is 6.07 Å². The van der Waals surface area contributed by atoms with Crippen molar-refractivity contribution in [2.45, 2.75) is 32.2 Å². The minimum atomic E-state index is -0.878. The monoisotopic (exact) mass is 282 g/mol. The van der Waals surface area contributed by atoms with E-state index in [4.69, 9.17) is 9.84 Å². The summed E-state index contributed by atoms with van der Waals surface area (Å²) in [5.74, 6) is -0.507. The molecule has 0 unspecified atom stereocenters. The van der Waals surface area contributed by atoms with Crippen molar-refractivity contribution in [2.24, 2.45) is 0 Å². The number of hydrogen-bond donors (Lipinski definition) is 2. The Balaban J connectivity index is 2.92. The first kappa shape index (κ1) is 15.7. The van der Waals surface area contributed by atoms with E-state index in [-0.39, 0.29) is 12.1 Å². The van der Waals surface area contributed by atoms with Gasteiger partial charge >= 0.3 is 5.97 Å². The Bertz CT molecular complexity index is 513. The van der Waals surface area contributed by atoms with Crippen molar-refractivity contribution in [3.63, 3.8) is 0 Å². The largest absolute Gasteiger partial charge is 0.496 e. The van der Waals surface area contributed by atoms with Gasteiger partial charge in [0, 0.05) is 29.8 Å². The number of anilines is 1. The zero-order valence-electron chi connectivity index (χ0n) is 11.7. The Labute approximate surface area is 116 Å². The molecule has 20 heavy (non-hydrogen) atoms. The molecule has 0 spiro atoms. The highest BCUT2D eigenvalue weighted by molar-refractivity contribution is 5.67. The highest BCUT2D eigenvalue weighted by Crippen LogP contribution is 2.28. The van der Waals surface area contributed by atoms with Crippen molar-refractivity contribution in [3.05, 3.63) is 28.3 Å². The number of nitrogens with zero attached hydrogens (tertiary/aromatic N) is 1. The van der Waals surface area contributed by atoms with Crippen LogP contribution in [0.25, 0.3) is 0 Å². The molecular weight excluding hydrogens is 264 g/mol. The van der Waals surface area contributed by atoms with Crippen LogP contribution in [0.3, 0.4) is 0 Å². The summed E-state index contributed by atoms with van der Waals surface area (Å²) in [6.45, 7) is 3.67. The predicted molar refractivity (Wildman–Crippen MR) is 74.2 cm³/mol. The number of methoxy groups -OCH3 is 1. The van der Waals surface area contributed by atoms with Gasteiger partial charge in [0.25, 0.3) is 5.69 Å². The smallest absolute Gasteiger partial charge is 0.303 e. The molecule has 0 aromatic heterocycles. The average Bonchev–Trinajstić information content (AvgIpc) is 2.35. The minimum Gasteiger partial charge on any atom is -0.496 e. The second-order valence-electron chi connectivity index (χ2n) is 5.08. The van der Waals surface area contributed by atoms with Gasteiger partial charge in [0.15, 0.2) is 0 Å². The summed E-state index contributed by atoms with van der Waals surface area (Å²) >= 11 is 0. The molecule has 7 heteroatoms. The van der Waals surface area contributed by atoms with Crippen LogP contribution in [-0.2, 0) is 4.79 Å². The van der Waals surface area contributed by atoms with Crippen molar-refractivity contribution in [3.8, 4) is 5.75 Å². The lowest BCUT2D eigenvalue weighted by molar-refractivity contribution is -0.384. The van der Waals surface area contributed by atoms with E-state index in [1.165, 1.54) is 19.2 Å². The van der Waals surface area contributed by atoms with Crippen LogP contribution in [0.1, 0.15) is 26.7 Å². The Morgan fingerprint density at radius 3 is 2.60 bits per heavy atom. The number of carbonyl (C=O) groups is 1. The molecule has 1 rings (SSSR count). The first-order chi connectivity index (χ1) is 9.23. The molecule has 1 aromatic carbocycles. The lowest BCUT2D eigenvalue weighted by Crippen LogP contribution is -2.31. The van der Waals surface area contributed by atoms with Crippen molar-refractivity contribution >= 4 is 17.3 Å². The second-order valence-corrected chi connectivity index (χ2v) is 5.08. The van der Waals surface area contributed by atoms with Crippen molar-refractivity contribution in [2.75, 3.05) is 12.4 Å². The highest BCUT2D eigenvalue weighted by Gasteiger charge is 2.20. The first-order valence-electron chi connectivity index (χ1n) is 6.07. The van der Waals surface area contributed by atoms with E-state index in [0.29, 0.717) is 17.9 Å². The van der Waals surface area contributed by atoms with Gasteiger partial charge in [-0.15, -0.1) is 0 Å². The van der Waals surface area contributed by atoms with Gasteiger partial charge in [-0.2, -0.15) is 0 Å². The fourth-order valence-electron chi connectivity index (χ4n) is 1.75. The number of nitro benzene ring substituents is 1. The fourth-order valence-corrected chi connectivity index (χ4v) is 1.75. The molecule has 0 saturated heterocycles. The van der Waals surface area contributed by atoms with E-state index in [1.807, 2.05) is 13.8 Å². The van der Waals surface area contributed by atoms with Crippen LogP contribution in [0.15, 0.2) is 18.2 Å². The van der Waals surface area contributed by atoms with Gasteiger partial charge in [0.05, 0.1) is 18.1 Å². The van der Waals surface area contributed by atoms with Gasteiger partial charge in [0.1, 0.15) is 5.75 Å². The average molecular weight is 282 g/mol. The van der Waals surface area contributed by atoms with Crippen molar-refractivity contribution in [1.29, 1.82) is 0 Å².